The molecule has 0 aliphatic carbocycles. The minimum atomic E-state index is -3.70. The SMILES string of the molecule is CCc1ccc(S(=O)(=O)Nc2nc(C)ccc2O)s1. The van der Waals surface area contributed by atoms with E-state index in [1.165, 1.54) is 17.4 Å². The third kappa shape index (κ3) is 3.05. The highest BCUT2D eigenvalue weighted by atomic mass is 32.2. The molecule has 0 radical (unpaired) electrons. The van der Waals surface area contributed by atoms with Crippen molar-refractivity contribution in [1.82, 2.24) is 4.98 Å². The summed E-state index contributed by atoms with van der Waals surface area (Å²) in [5, 5.41) is 9.61. The van der Waals surface area contributed by atoms with Gasteiger partial charge in [-0.05, 0) is 37.6 Å². The largest absolute Gasteiger partial charge is 0.504 e. The summed E-state index contributed by atoms with van der Waals surface area (Å²) in [4.78, 5) is 4.96. The van der Waals surface area contributed by atoms with Crippen LogP contribution >= 0.6 is 11.3 Å². The van der Waals surface area contributed by atoms with Crippen molar-refractivity contribution in [2.45, 2.75) is 24.5 Å². The second-order valence-corrected chi connectivity index (χ2v) is 7.08. The smallest absolute Gasteiger partial charge is 0.272 e. The molecule has 7 heteroatoms. The van der Waals surface area contributed by atoms with Crippen molar-refractivity contribution in [1.29, 1.82) is 0 Å². The van der Waals surface area contributed by atoms with Gasteiger partial charge in [-0.3, -0.25) is 4.72 Å². The molecule has 2 N–H and O–H groups in total. The van der Waals surface area contributed by atoms with Gasteiger partial charge < -0.3 is 5.11 Å². The topological polar surface area (TPSA) is 79.3 Å². The van der Waals surface area contributed by atoms with Crippen molar-refractivity contribution in [3.63, 3.8) is 0 Å². The van der Waals surface area contributed by atoms with E-state index in [0.717, 1.165) is 11.3 Å². The van der Waals surface area contributed by atoms with E-state index in [4.69, 9.17) is 0 Å². The second-order valence-electron chi connectivity index (χ2n) is 4.00. The van der Waals surface area contributed by atoms with Gasteiger partial charge in [0.1, 0.15) is 4.21 Å². The van der Waals surface area contributed by atoms with Gasteiger partial charge >= 0.3 is 0 Å². The molecular weight excluding hydrogens is 284 g/mol. The van der Waals surface area contributed by atoms with Crippen LogP contribution in [0.4, 0.5) is 5.82 Å². The monoisotopic (exact) mass is 298 g/mol. The van der Waals surface area contributed by atoms with Crippen molar-refractivity contribution >= 4 is 27.2 Å². The van der Waals surface area contributed by atoms with Crippen molar-refractivity contribution < 1.29 is 13.5 Å². The first-order valence-electron chi connectivity index (χ1n) is 5.70. The average Bonchev–Trinajstić information content (AvgIpc) is 2.83. The van der Waals surface area contributed by atoms with E-state index in [9.17, 15) is 13.5 Å². The maximum atomic E-state index is 12.1. The molecule has 0 saturated heterocycles. The summed E-state index contributed by atoms with van der Waals surface area (Å²) in [5.41, 5.74) is 0.621. The van der Waals surface area contributed by atoms with Gasteiger partial charge in [0.2, 0.25) is 0 Å². The number of hydrogen-bond acceptors (Lipinski definition) is 5. The van der Waals surface area contributed by atoms with E-state index < -0.39 is 10.0 Å². The van der Waals surface area contributed by atoms with Crippen LogP contribution in [0.1, 0.15) is 17.5 Å². The number of hydrogen-bond donors (Lipinski definition) is 2. The summed E-state index contributed by atoms with van der Waals surface area (Å²) >= 11 is 1.21. The summed E-state index contributed by atoms with van der Waals surface area (Å²) in [6, 6.07) is 6.35. The summed E-state index contributed by atoms with van der Waals surface area (Å²) in [5.74, 6) is -0.243. The number of nitrogens with zero attached hydrogens (tertiary/aromatic N) is 1. The molecule has 0 saturated carbocycles. The zero-order valence-corrected chi connectivity index (χ0v) is 12.2. The Morgan fingerprint density at radius 1 is 1.32 bits per heavy atom. The Kier molecular flexibility index (Phi) is 3.77. The summed E-state index contributed by atoms with van der Waals surface area (Å²) in [6.07, 6.45) is 0.786. The first kappa shape index (κ1) is 13.8. The fourth-order valence-corrected chi connectivity index (χ4v) is 3.81. The number of rotatable bonds is 4. The molecule has 0 bridgehead atoms. The molecule has 0 aromatic carbocycles. The Morgan fingerprint density at radius 3 is 2.68 bits per heavy atom. The fourth-order valence-electron chi connectivity index (χ4n) is 1.49. The summed E-state index contributed by atoms with van der Waals surface area (Å²) in [7, 11) is -3.70. The highest BCUT2D eigenvalue weighted by Gasteiger charge is 2.19. The van der Waals surface area contributed by atoms with Gasteiger partial charge in [0.25, 0.3) is 10.0 Å². The van der Waals surface area contributed by atoms with Crippen LogP contribution in [0.2, 0.25) is 0 Å². The Balaban J connectivity index is 2.33. The maximum Gasteiger partial charge on any atom is 0.272 e. The molecule has 0 unspecified atom stereocenters. The molecule has 0 spiro atoms. The molecule has 2 aromatic heterocycles. The predicted molar refractivity (Wildman–Crippen MR) is 75.1 cm³/mol. The van der Waals surface area contributed by atoms with Crippen LogP contribution in [-0.2, 0) is 16.4 Å². The number of thiophene rings is 1. The van der Waals surface area contributed by atoms with Crippen molar-refractivity contribution in [2.24, 2.45) is 0 Å². The second kappa shape index (κ2) is 5.18. The molecule has 2 aromatic rings. The van der Waals surface area contributed by atoms with Crippen LogP contribution in [0, 0.1) is 6.92 Å². The van der Waals surface area contributed by atoms with E-state index in [0.29, 0.717) is 5.69 Å². The number of aromatic hydroxyl groups is 1. The van der Waals surface area contributed by atoms with E-state index in [2.05, 4.69) is 9.71 Å². The number of aromatic nitrogens is 1. The minimum Gasteiger partial charge on any atom is -0.504 e. The lowest BCUT2D eigenvalue weighted by Gasteiger charge is -2.07. The van der Waals surface area contributed by atoms with Crippen molar-refractivity contribution in [3.05, 3.63) is 34.8 Å². The molecule has 0 atom stereocenters. The first-order chi connectivity index (χ1) is 8.92. The lowest BCUT2D eigenvalue weighted by atomic mass is 10.3. The highest BCUT2D eigenvalue weighted by molar-refractivity contribution is 7.94. The van der Waals surface area contributed by atoms with Gasteiger partial charge in [0.05, 0.1) is 0 Å². The molecule has 0 aliphatic heterocycles. The number of sulfonamides is 1. The van der Waals surface area contributed by atoms with Crippen LogP contribution in [0.3, 0.4) is 0 Å². The van der Waals surface area contributed by atoms with E-state index in [1.54, 1.807) is 25.1 Å². The van der Waals surface area contributed by atoms with E-state index in [1.807, 2.05) is 6.92 Å². The van der Waals surface area contributed by atoms with Gasteiger partial charge in [0.15, 0.2) is 11.6 Å². The first-order valence-corrected chi connectivity index (χ1v) is 8.00. The molecule has 5 nitrogen and oxygen atoms in total. The van der Waals surface area contributed by atoms with Crippen molar-refractivity contribution in [2.75, 3.05) is 4.72 Å². The molecule has 102 valence electrons. The quantitative estimate of drug-likeness (QED) is 0.909. The minimum absolute atomic E-state index is 0.0496. The Labute approximate surface area is 116 Å². The van der Waals surface area contributed by atoms with Crippen molar-refractivity contribution in [3.8, 4) is 5.75 Å². The van der Waals surface area contributed by atoms with E-state index >= 15 is 0 Å². The standard InChI is InChI=1S/C12H14N2O3S2/c1-3-9-5-7-11(18-9)19(16,17)14-12-10(15)6-4-8(2)13-12/h4-7,15H,3H2,1-2H3,(H,13,14). The molecule has 2 heterocycles. The molecule has 0 aliphatic rings. The normalized spacial score (nSPS) is 11.5. The van der Waals surface area contributed by atoms with Gasteiger partial charge in [-0.15, -0.1) is 11.3 Å². The zero-order valence-electron chi connectivity index (χ0n) is 10.5. The van der Waals surface area contributed by atoms with Crippen LogP contribution < -0.4 is 4.72 Å². The van der Waals surface area contributed by atoms with E-state index in [-0.39, 0.29) is 15.8 Å². The lowest BCUT2D eigenvalue weighted by molar-refractivity contribution is 0.475. The lowest BCUT2D eigenvalue weighted by Crippen LogP contribution is -2.13. The van der Waals surface area contributed by atoms with Crippen LogP contribution in [0.5, 0.6) is 5.75 Å². The van der Waals surface area contributed by atoms with Crippen LogP contribution in [-0.4, -0.2) is 18.5 Å². The summed E-state index contributed by atoms with van der Waals surface area (Å²) < 4.78 is 26.8. The summed E-state index contributed by atoms with van der Waals surface area (Å²) in [6.45, 7) is 3.68. The zero-order chi connectivity index (χ0) is 14.0. The third-order valence-corrected chi connectivity index (χ3v) is 5.55. The molecule has 0 amide bonds. The van der Waals surface area contributed by atoms with Crippen LogP contribution in [0.15, 0.2) is 28.5 Å². The Morgan fingerprint density at radius 2 is 2.05 bits per heavy atom. The number of anilines is 1. The highest BCUT2D eigenvalue weighted by Crippen LogP contribution is 2.27. The van der Waals surface area contributed by atoms with Gasteiger partial charge in [-0.25, -0.2) is 13.4 Å². The third-order valence-electron chi connectivity index (χ3n) is 2.49. The van der Waals surface area contributed by atoms with Gasteiger partial charge in [-0.2, -0.15) is 0 Å². The molecule has 19 heavy (non-hydrogen) atoms. The number of nitrogens with one attached hydrogen (secondary N) is 1. The molecule has 0 fully saturated rings. The predicted octanol–water partition coefficient (Wildman–Crippen LogP) is 2.52. The Bertz CT molecular complexity index is 693. The Hall–Kier alpha value is -1.60. The maximum absolute atomic E-state index is 12.1. The van der Waals surface area contributed by atoms with Gasteiger partial charge in [-0.1, -0.05) is 6.92 Å². The van der Waals surface area contributed by atoms with Gasteiger partial charge in [0, 0.05) is 10.6 Å². The fraction of sp³-hybridized carbons (Fsp3) is 0.250. The number of pyridine rings is 1. The van der Waals surface area contributed by atoms with Crippen LogP contribution in [0.25, 0.3) is 0 Å². The number of aryl methyl sites for hydroxylation is 2. The average molecular weight is 298 g/mol. The molecular formula is C12H14N2O3S2. The molecule has 2 rings (SSSR count).